The molecule has 2 heterocycles. The summed E-state index contributed by atoms with van der Waals surface area (Å²) in [6.45, 7) is 0.505. The fourth-order valence-electron chi connectivity index (χ4n) is 4.72. The molecule has 132 valence electrons. The van der Waals surface area contributed by atoms with Crippen molar-refractivity contribution in [1.29, 1.82) is 0 Å². The van der Waals surface area contributed by atoms with Gasteiger partial charge < -0.3 is 15.3 Å². The van der Waals surface area contributed by atoms with Crippen molar-refractivity contribution < 1.29 is 19.5 Å². The number of fused-ring (bicyclic) bond motifs is 2. The van der Waals surface area contributed by atoms with Crippen LogP contribution in [0.2, 0.25) is 0 Å². The monoisotopic (exact) mass is 342 g/mol. The van der Waals surface area contributed by atoms with Gasteiger partial charge in [-0.1, -0.05) is 6.42 Å². The van der Waals surface area contributed by atoms with Crippen LogP contribution in [0.1, 0.15) is 48.0 Å². The van der Waals surface area contributed by atoms with Gasteiger partial charge >= 0.3 is 5.97 Å². The van der Waals surface area contributed by atoms with Crippen LogP contribution in [0.15, 0.2) is 18.2 Å². The average molecular weight is 342 g/mol. The molecule has 2 N–H and O–H groups in total. The molecule has 1 aromatic rings. The maximum Gasteiger partial charge on any atom is 0.306 e. The fraction of sp³-hybridized carbons (Fsp3) is 0.526. The summed E-state index contributed by atoms with van der Waals surface area (Å²) >= 11 is 0. The highest BCUT2D eigenvalue weighted by Gasteiger charge is 2.45. The molecule has 3 unspecified atom stereocenters. The molecule has 0 radical (unpaired) electrons. The van der Waals surface area contributed by atoms with Gasteiger partial charge in [-0.3, -0.25) is 14.4 Å². The number of nitrogens with zero attached hydrogens (tertiary/aromatic N) is 1. The van der Waals surface area contributed by atoms with Crippen LogP contribution >= 0.6 is 0 Å². The van der Waals surface area contributed by atoms with Crippen LogP contribution in [0.25, 0.3) is 0 Å². The molecule has 2 aliphatic heterocycles. The van der Waals surface area contributed by atoms with Crippen molar-refractivity contribution in [2.24, 2.45) is 11.8 Å². The van der Waals surface area contributed by atoms with Gasteiger partial charge in [0.05, 0.1) is 5.92 Å². The Kier molecular flexibility index (Phi) is 3.98. The van der Waals surface area contributed by atoms with Crippen molar-refractivity contribution in [1.82, 2.24) is 4.90 Å². The van der Waals surface area contributed by atoms with E-state index in [4.69, 9.17) is 0 Å². The Hall–Kier alpha value is -2.37. The summed E-state index contributed by atoms with van der Waals surface area (Å²) < 4.78 is 0. The van der Waals surface area contributed by atoms with Gasteiger partial charge in [0.1, 0.15) is 0 Å². The average Bonchev–Trinajstić information content (AvgIpc) is 3.09. The Bertz CT molecular complexity index is 745. The number of hydrogen-bond donors (Lipinski definition) is 2. The molecule has 4 rings (SSSR count). The van der Waals surface area contributed by atoms with Crippen LogP contribution in [0, 0.1) is 11.8 Å². The number of carboxylic acids is 1. The number of nitrogens with one attached hydrogen (secondary N) is 1. The lowest BCUT2D eigenvalue weighted by Gasteiger charge is -2.41. The Morgan fingerprint density at radius 2 is 2.00 bits per heavy atom. The van der Waals surface area contributed by atoms with Crippen molar-refractivity contribution in [2.75, 3.05) is 11.9 Å². The molecule has 0 bridgehead atoms. The normalized spacial score (nSPS) is 28.1. The lowest BCUT2D eigenvalue weighted by Crippen LogP contribution is -2.51. The topological polar surface area (TPSA) is 86.7 Å². The zero-order chi connectivity index (χ0) is 17.6. The molecular weight excluding hydrogens is 320 g/mol. The van der Waals surface area contributed by atoms with E-state index in [9.17, 15) is 19.5 Å². The minimum absolute atomic E-state index is 0.0103. The van der Waals surface area contributed by atoms with E-state index in [-0.39, 0.29) is 29.7 Å². The van der Waals surface area contributed by atoms with Gasteiger partial charge in [-0.05, 0) is 55.4 Å². The Labute approximate surface area is 146 Å². The van der Waals surface area contributed by atoms with E-state index >= 15 is 0 Å². The molecule has 0 spiro atoms. The first kappa shape index (κ1) is 16.1. The predicted molar refractivity (Wildman–Crippen MR) is 91.3 cm³/mol. The summed E-state index contributed by atoms with van der Waals surface area (Å²) in [5.74, 6) is -0.979. The summed E-state index contributed by atoms with van der Waals surface area (Å²) in [5.41, 5.74) is 2.42. The van der Waals surface area contributed by atoms with Crippen molar-refractivity contribution in [3.63, 3.8) is 0 Å². The molecule has 3 atom stereocenters. The molecule has 1 aliphatic carbocycles. The number of aryl methyl sites for hydroxylation is 1. The number of benzene rings is 1. The molecule has 1 saturated heterocycles. The highest BCUT2D eigenvalue weighted by molar-refractivity contribution is 5.98. The predicted octanol–water partition coefficient (Wildman–Crippen LogP) is 2.29. The Balaban J connectivity index is 1.57. The van der Waals surface area contributed by atoms with Gasteiger partial charge in [-0.15, -0.1) is 0 Å². The second-order valence-corrected chi connectivity index (χ2v) is 7.31. The highest BCUT2D eigenvalue weighted by Crippen LogP contribution is 2.41. The van der Waals surface area contributed by atoms with E-state index in [1.807, 2.05) is 11.0 Å². The van der Waals surface area contributed by atoms with Gasteiger partial charge in [-0.2, -0.15) is 0 Å². The zero-order valence-electron chi connectivity index (χ0n) is 14.0. The smallest absolute Gasteiger partial charge is 0.306 e. The number of aliphatic carboxylic acids is 1. The molecule has 6 nitrogen and oxygen atoms in total. The third kappa shape index (κ3) is 2.79. The zero-order valence-corrected chi connectivity index (χ0v) is 14.0. The second kappa shape index (κ2) is 6.17. The first-order valence-electron chi connectivity index (χ1n) is 9.01. The quantitative estimate of drug-likeness (QED) is 0.863. The summed E-state index contributed by atoms with van der Waals surface area (Å²) in [7, 11) is 0. The van der Waals surface area contributed by atoms with E-state index in [1.54, 1.807) is 12.1 Å². The fourth-order valence-corrected chi connectivity index (χ4v) is 4.72. The summed E-state index contributed by atoms with van der Waals surface area (Å²) in [5, 5.41) is 12.3. The molecule has 2 fully saturated rings. The minimum atomic E-state index is -0.728. The van der Waals surface area contributed by atoms with Gasteiger partial charge in [0.2, 0.25) is 5.91 Å². The maximum atomic E-state index is 13.1. The van der Waals surface area contributed by atoms with Crippen LogP contribution in [0.4, 0.5) is 5.69 Å². The maximum absolute atomic E-state index is 13.1. The van der Waals surface area contributed by atoms with E-state index in [1.165, 1.54) is 0 Å². The van der Waals surface area contributed by atoms with Crippen molar-refractivity contribution in [3.8, 4) is 0 Å². The Morgan fingerprint density at radius 3 is 2.80 bits per heavy atom. The number of carbonyl (C=O) groups is 3. The lowest BCUT2D eigenvalue weighted by atomic mass is 9.81. The molecule has 3 aliphatic rings. The number of likely N-dealkylation sites (tertiary alicyclic amines) is 1. The van der Waals surface area contributed by atoms with Crippen LogP contribution in [-0.4, -0.2) is 40.4 Å². The standard InChI is InChI=1S/C19H22N2O4/c22-17-7-5-11-10-12(4-6-15(11)20-17)18(23)21-9-8-14(19(24)25)13-2-1-3-16(13)21/h4,6,10,13-14,16H,1-3,5,7-9H2,(H,20,22)(H,24,25). The van der Waals surface area contributed by atoms with Crippen molar-refractivity contribution in [2.45, 2.75) is 44.6 Å². The summed E-state index contributed by atoms with van der Waals surface area (Å²) in [6, 6.07) is 5.48. The Morgan fingerprint density at radius 1 is 1.16 bits per heavy atom. The van der Waals surface area contributed by atoms with Gasteiger partial charge in [0.25, 0.3) is 5.91 Å². The van der Waals surface area contributed by atoms with E-state index < -0.39 is 5.97 Å². The molecule has 6 heteroatoms. The minimum Gasteiger partial charge on any atom is -0.481 e. The van der Waals surface area contributed by atoms with Crippen molar-refractivity contribution >= 4 is 23.5 Å². The van der Waals surface area contributed by atoms with E-state index in [2.05, 4.69) is 5.32 Å². The summed E-state index contributed by atoms with van der Waals surface area (Å²) in [6.07, 6.45) is 4.39. The number of amides is 2. The second-order valence-electron chi connectivity index (χ2n) is 7.31. The number of rotatable bonds is 2. The summed E-state index contributed by atoms with van der Waals surface area (Å²) in [4.78, 5) is 37.9. The lowest BCUT2D eigenvalue weighted by molar-refractivity contribution is -0.146. The van der Waals surface area contributed by atoms with Gasteiger partial charge in [-0.25, -0.2) is 0 Å². The van der Waals surface area contributed by atoms with Crippen LogP contribution < -0.4 is 5.32 Å². The number of carbonyl (C=O) groups excluding carboxylic acids is 2. The largest absolute Gasteiger partial charge is 0.481 e. The molecule has 1 saturated carbocycles. The van der Waals surface area contributed by atoms with Gasteiger partial charge in [0, 0.05) is 30.3 Å². The molecule has 0 aromatic heterocycles. The first-order chi connectivity index (χ1) is 12.0. The number of piperidine rings is 1. The van der Waals surface area contributed by atoms with E-state index in [0.29, 0.717) is 31.4 Å². The first-order valence-corrected chi connectivity index (χ1v) is 9.01. The third-order valence-electron chi connectivity index (χ3n) is 5.96. The number of anilines is 1. The number of hydrogen-bond acceptors (Lipinski definition) is 3. The van der Waals surface area contributed by atoms with Gasteiger partial charge in [0.15, 0.2) is 0 Å². The van der Waals surface area contributed by atoms with E-state index in [0.717, 1.165) is 30.5 Å². The van der Waals surface area contributed by atoms with Crippen LogP contribution in [0.5, 0.6) is 0 Å². The molecule has 25 heavy (non-hydrogen) atoms. The highest BCUT2D eigenvalue weighted by atomic mass is 16.4. The van der Waals surface area contributed by atoms with Crippen molar-refractivity contribution in [3.05, 3.63) is 29.3 Å². The van der Waals surface area contributed by atoms with Crippen LogP contribution in [-0.2, 0) is 16.0 Å². The SMILES string of the molecule is O=C1CCc2cc(C(=O)N3CCC(C(=O)O)C4CCCC43)ccc2N1. The number of carboxylic acid groups (broad SMARTS) is 1. The van der Waals surface area contributed by atoms with Crippen LogP contribution in [0.3, 0.4) is 0 Å². The third-order valence-corrected chi connectivity index (χ3v) is 5.96. The molecule has 2 amide bonds. The molecule has 1 aromatic carbocycles. The molecular formula is C19H22N2O4.